The predicted octanol–water partition coefficient (Wildman–Crippen LogP) is 4.38. The van der Waals surface area contributed by atoms with E-state index in [0.717, 1.165) is 21.5 Å². The summed E-state index contributed by atoms with van der Waals surface area (Å²) < 4.78 is 2.17. The summed E-state index contributed by atoms with van der Waals surface area (Å²) in [6.45, 7) is 0. The summed E-state index contributed by atoms with van der Waals surface area (Å²) >= 11 is 5.77. The molecule has 2 aromatic rings. The molecule has 0 atom stereocenters. The highest BCUT2D eigenvalue weighted by Gasteiger charge is 2.00. The molecule has 0 heterocycles. The van der Waals surface area contributed by atoms with Crippen LogP contribution in [0, 0.1) is 3.57 Å². The van der Waals surface area contributed by atoms with Crippen LogP contribution in [0.25, 0.3) is 0 Å². The molecule has 0 aliphatic rings. The zero-order valence-corrected chi connectivity index (χ0v) is 12.1. The van der Waals surface area contributed by atoms with Gasteiger partial charge in [0.05, 0.1) is 5.69 Å². The van der Waals surface area contributed by atoms with Gasteiger partial charge in [0, 0.05) is 19.4 Å². The second-order valence-electron chi connectivity index (χ2n) is 3.37. The lowest BCUT2D eigenvalue weighted by molar-refractivity contribution is 1.51. The number of rotatable bonds is 2. The van der Waals surface area contributed by atoms with Crippen molar-refractivity contribution in [3.8, 4) is 0 Å². The lowest BCUT2D eigenvalue weighted by Gasteiger charge is -2.09. The van der Waals surface area contributed by atoms with Crippen molar-refractivity contribution < 1.29 is 0 Å². The minimum atomic E-state index is 0.750. The summed E-state index contributed by atoms with van der Waals surface area (Å²) in [6, 6.07) is 13.9. The Morgan fingerprint density at radius 1 is 1.12 bits per heavy atom. The number of hydrogen-bond acceptors (Lipinski definition) is 2. The number of nitrogen functional groups attached to an aromatic ring is 1. The van der Waals surface area contributed by atoms with E-state index in [4.69, 9.17) is 5.73 Å². The maximum atomic E-state index is 5.69. The summed E-state index contributed by atoms with van der Waals surface area (Å²) in [5, 5.41) is 3.33. The van der Waals surface area contributed by atoms with Gasteiger partial charge in [-0.15, -0.1) is 0 Å². The number of nitrogens with one attached hydrogen (secondary N) is 1. The van der Waals surface area contributed by atoms with E-state index in [0.29, 0.717) is 0 Å². The van der Waals surface area contributed by atoms with Crippen molar-refractivity contribution in [2.75, 3.05) is 11.1 Å². The van der Waals surface area contributed by atoms with Crippen LogP contribution in [-0.2, 0) is 0 Å². The van der Waals surface area contributed by atoms with Gasteiger partial charge in [-0.05, 0) is 74.9 Å². The van der Waals surface area contributed by atoms with Crippen molar-refractivity contribution in [1.82, 2.24) is 0 Å². The Bertz CT molecular complexity index is 514. The zero-order valence-electron chi connectivity index (χ0n) is 8.37. The van der Waals surface area contributed by atoms with Crippen molar-refractivity contribution >= 4 is 55.6 Å². The largest absolute Gasteiger partial charge is 0.399 e. The highest BCUT2D eigenvalue weighted by molar-refractivity contribution is 14.1. The Balaban J connectivity index is 2.27. The van der Waals surface area contributed by atoms with Gasteiger partial charge in [-0.25, -0.2) is 0 Å². The fourth-order valence-electron chi connectivity index (χ4n) is 1.35. The van der Waals surface area contributed by atoms with Gasteiger partial charge in [0.1, 0.15) is 0 Å². The lowest BCUT2D eigenvalue weighted by atomic mass is 10.2. The third kappa shape index (κ3) is 2.89. The molecule has 2 aromatic carbocycles. The maximum absolute atomic E-state index is 5.69. The Morgan fingerprint density at radius 2 is 1.94 bits per heavy atom. The monoisotopic (exact) mass is 388 g/mol. The van der Waals surface area contributed by atoms with E-state index in [1.54, 1.807) is 0 Å². The third-order valence-corrected chi connectivity index (χ3v) is 3.42. The summed E-state index contributed by atoms with van der Waals surface area (Å²) in [5.41, 5.74) is 8.51. The topological polar surface area (TPSA) is 38.0 Å². The quantitative estimate of drug-likeness (QED) is 0.591. The van der Waals surface area contributed by atoms with Gasteiger partial charge in [-0.1, -0.05) is 6.07 Å². The SMILES string of the molecule is Nc1ccc(Nc2cccc(I)c2)c(Br)c1. The van der Waals surface area contributed by atoms with Gasteiger partial charge in [0.25, 0.3) is 0 Å². The van der Waals surface area contributed by atoms with Crippen LogP contribution in [0.2, 0.25) is 0 Å². The first-order valence-corrected chi connectivity index (χ1v) is 6.60. The Morgan fingerprint density at radius 3 is 2.62 bits per heavy atom. The normalized spacial score (nSPS) is 10.1. The number of halogens is 2. The van der Waals surface area contributed by atoms with E-state index < -0.39 is 0 Å². The summed E-state index contributed by atoms with van der Waals surface area (Å²) in [4.78, 5) is 0. The van der Waals surface area contributed by atoms with E-state index in [1.165, 1.54) is 3.57 Å². The minimum absolute atomic E-state index is 0.750. The summed E-state index contributed by atoms with van der Waals surface area (Å²) in [5.74, 6) is 0. The van der Waals surface area contributed by atoms with Gasteiger partial charge in [-0.2, -0.15) is 0 Å². The van der Waals surface area contributed by atoms with E-state index in [-0.39, 0.29) is 0 Å². The highest BCUT2D eigenvalue weighted by Crippen LogP contribution is 2.28. The number of nitrogens with two attached hydrogens (primary N) is 1. The first-order chi connectivity index (χ1) is 7.65. The molecule has 0 aliphatic carbocycles. The van der Waals surface area contributed by atoms with Crippen LogP contribution in [0.3, 0.4) is 0 Å². The molecule has 82 valence electrons. The molecule has 0 unspecified atom stereocenters. The fourth-order valence-corrected chi connectivity index (χ4v) is 2.39. The van der Waals surface area contributed by atoms with E-state index in [1.807, 2.05) is 30.3 Å². The molecule has 4 heteroatoms. The van der Waals surface area contributed by atoms with E-state index in [2.05, 4.69) is 56.0 Å². The summed E-state index contributed by atoms with van der Waals surface area (Å²) in [6.07, 6.45) is 0. The van der Waals surface area contributed by atoms with Crippen molar-refractivity contribution in [3.63, 3.8) is 0 Å². The number of benzene rings is 2. The third-order valence-electron chi connectivity index (χ3n) is 2.10. The van der Waals surface area contributed by atoms with Gasteiger partial charge in [-0.3, -0.25) is 0 Å². The summed E-state index contributed by atoms with van der Waals surface area (Å²) in [7, 11) is 0. The minimum Gasteiger partial charge on any atom is -0.399 e. The first kappa shape index (κ1) is 11.7. The van der Waals surface area contributed by atoms with Gasteiger partial charge < -0.3 is 11.1 Å². The average molecular weight is 389 g/mol. The highest BCUT2D eigenvalue weighted by atomic mass is 127. The lowest BCUT2D eigenvalue weighted by Crippen LogP contribution is -1.93. The molecule has 0 spiro atoms. The molecule has 0 amide bonds. The molecular formula is C12H10BrIN2. The van der Waals surface area contributed by atoms with Crippen LogP contribution < -0.4 is 11.1 Å². The molecule has 2 rings (SSSR count). The Kier molecular flexibility index (Phi) is 3.70. The van der Waals surface area contributed by atoms with Gasteiger partial charge in [0.2, 0.25) is 0 Å². The molecule has 0 radical (unpaired) electrons. The van der Waals surface area contributed by atoms with Gasteiger partial charge >= 0.3 is 0 Å². The van der Waals surface area contributed by atoms with Crippen molar-refractivity contribution in [2.24, 2.45) is 0 Å². The van der Waals surface area contributed by atoms with Crippen LogP contribution in [0.15, 0.2) is 46.9 Å². The molecule has 0 bridgehead atoms. The van der Waals surface area contributed by atoms with Crippen LogP contribution in [0.5, 0.6) is 0 Å². The molecular weight excluding hydrogens is 379 g/mol. The molecule has 0 aliphatic heterocycles. The van der Waals surface area contributed by atoms with E-state index in [9.17, 15) is 0 Å². The predicted molar refractivity (Wildman–Crippen MR) is 81.0 cm³/mol. The number of anilines is 3. The van der Waals surface area contributed by atoms with Crippen molar-refractivity contribution in [3.05, 3.63) is 50.5 Å². The first-order valence-electron chi connectivity index (χ1n) is 4.73. The van der Waals surface area contributed by atoms with Crippen LogP contribution in [0.4, 0.5) is 17.1 Å². The second kappa shape index (κ2) is 5.05. The Labute approximate surface area is 117 Å². The number of hydrogen-bond donors (Lipinski definition) is 2. The second-order valence-corrected chi connectivity index (χ2v) is 5.47. The molecule has 0 saturated heterocycles. The molecule has 0 aromatic heterocycles. The molecule has 0 fully saturated rings. The standard InChI is InChI=1S/C12H10BrIN2/c13-11-7-9(15)4-5-12(11)16-10-3-1-2-8(14)6-10/h1-7,16H,15H2. The Hall–Kier alpha value is -0.750. The smallest absolute Gasteiger partial charge is 0.0530 e. The van der Waals surface area contributed by atoms with Gasteiger partial charge in [0.15, 0.2) is 0 Å². The van der Waals surface area contributed by atoms with Crippen molar-refractivity contribution in [2.45, 2.75) is 0 Å². The maximum Gasteiger partial charge on any atom is 0.0530 e. The molecule has 3 N–H and O–H groups in total. The molecule has 16 heavy (non-hydrogen) atoms. The van der Waals surface area contributed by atoms with E-state index >= 15 is 0 Å². The van der Waals surface area contributed by atoms with Crippen LogP contribution >= 0.6 is 38.5 Å². The van der Waals surface area contributed by atoms with Crippen molar-refractivity contribution in [1.29, 1.82) is 0 Å². The van der Waals surface area contributed by atoms with Crippen LogP contribution in [0.1, 0.15) is 0 Å². The molecule has 0 saturated carbocycles. The fraction of sp³-hybridized carbons (Fsp3) is 0. The average Bonchev–Trinajstić information content (AvgIpc) is 2.22. The zero-order chi connectivity index (χ0) is 11.5. The van der Waals surface area contributed by atoms with Crippen LogP contribution in [-0.4, -0.2) is 0 Å². The molecule has 2 nitrogen and oxygen atoms in total.